The molecule has 0 aliphatic carbocycles. The Morgan fingerprint density at radius 2 is 1.83 bits per heavy atom. The molecular formula is C26H34N4O4S. The van der Waals surface area contributed by atoms with Gasteiger partial charge in [0, 0.05) is 57.7 Å². The first kappa shape index (κ1) is 25.2. The fourth-order valence-corrected chi connectivity index (χ4v) is 6.57. The molecule has 0 saturated carbocycles. The van der Waals surface area contributed by atoms with Gasteiger partial charge in [0.2, 0.25) is 21.8 Å². The number of benzene rings is 2. The molecule has 2 aromatic rings. The summed E-state index contributed by atoms with van der Waals surface area (Å²) < 4.78 is 28.4. The zero-order valence-electron chi connectivity index (χ0n) is 20.9. The van der Waals surface area contributed by atoms with Crippen LogP contribution in [0.25, 0.3) is 0 Å². The zero-order chi connectivity index (χ0) is 25.3. The van der Waals surface area contributed by atoms with Crippen LogP contribution < -0.4 is 15.1 Å². The lowest BCUT2D eigenvalue weighted by Gasteiger charge is -2.32. The van der Waals surface area contributed by atoms with Gasteiger partial charge in [-0.1, -0.05) is 6.07 Å². The van der Waals surface area contributed by atoms with Crippen LogP contribution in [0, 0.1) is 12.8 Å². The minimum atomic E-state index is -3.75. The van der Waals surface area contributed by atoms with Crippen LogP contribution >= 0.6 is 0 Å². The zero-order valence-corrected chi connectivity index (χ0v) is 21.7. The molecule has 2 aliphatic rings. The maximum absolute atomic E-state index is 13.5. The van der Waals surface area contributed by atoms with Gasteiger partial charge in [0.1, 0.15) is 0 Å². The molecule has 1 atom stereocenters. The molecule has 0 bridgehead atoms. The summed E-state index contributed by atoms with van der Waals surface area (Å²) in [6.45, 7) is 4.73. The molecule has 9 heteroatoms. The average molecular weight is 499 g/mol. The molecular weight excluding hydrogens is 464 g/mol. The number of sulfonamides is 1. The quantitative estimate of drug-likeness (QED) is 0.683. The minimum absolute atomic E-state index is 0.0438. The van der Waals surface area contributed by atoms with Gasteiger partial charge >= 0.3 is 0 Å². The number of rotatable bonds is 5. The maximum Gasteiger partial charge on any atom is 0.243 e. The Hall–Kier alpha value is -2.91. The number of hydrogen-bond donors (Lipinski definition) is 1. The molecule has 2 heterocycles. The van der Waals surface area contributed by atoms with E-state index in [1.165, 1.54) is 11.2 Å². The van der Waals surface area contributed by atoms with E-state index in [2.05, 4.69) is 5.32 Å². The summed E-state index contributed by atoms with van der Waals surface area (Å²) >= 11 is 0. The Kier molecular flexibility index (Phi) is 7.19. The molecule has 2 aliphatic heterocycles. The van der Waals surface area contributed by atoms with Gasteiger partial charge in [0.25, 0.3) is 0 Å². The van der Waals surface area contributed by atoms with Crippen molar-refractivity contribution in [1.82, 2.24) is 4.31 Å². The van der Waals surface area contributed by atoms with Crippen LogP contribution in [0.4, 0.5) is 17.1 Å². The second-order valence-electron chi connectivity index (χ2n) is 9.65. The Morgan fingerprint density at radius 1 is 1.06 bits per heavy atom. The van der Waals surface area contributed by atoms with Crippen molar-refractivity contribution in [2.75, 3.05) is 48.8 Å². The number of fused-ring (bicyclic) bond motifs is 1. The molecule has 8 nitrogen and oxygen atoms in total. The summed E-state index contributed by atoms with van der Waals surface area (Å²) in [5.74, 6) is -0.632. The Labute approximate surface area is 207 Å². The first-order valence-corrected chi connectivity index (χ1v) is 13.5. The average Bonchev–Trinajstić information content (AvgIpc) is 2.84. The lowest BCUT2D eigenvalue weighted by molar-refractivity contribution is -0.121. The lowest BCUT2D eigenvalue weighted by atomic mass is 9.98. The van der Waals surface area contributed by atoms with Gasteiger partial charge in [-0.3, -0.25) is 9.59 Å². The van der Waals surface area contributed by atoms with E-state index in [1.807, 2.05) is 44.1 Å². The van der Waals surface area contributed by atoms with Crippen molar-refractivity contribution in [3.63, 3.8) is 0 Å². The Bertz CT molecular complexity index is 1240. The smallest absolute Gasteiger partial charge is 0.243 e. The van der Waals surface area contributed by atoms with E-state index in [-0.39, 0.29) is 23.3 Å². The molecule has 1 fully saturated rings. The van der Waals surface area contributed by atoms with Gasteiger partial charge in [0.05, 0.1) is 10.8 Å². The van der Waals surface area contributed by atoms with Gasteiger partial charge in [-0.25, -0.2) is 8.42 Å². The summed E-state index contributed by atoms with van der Waals surface area (Å²) in [6, 6.07) is 10.8. The molecule has 1 saturated heterocycles. The Morgan fingerprint density at radius 3 is 2.54 bits per heavy atom. The summed E-state index contributed by atoms with van der Waals surface area (Å²) in [5, 5.41) is 2.98. The van der Waals surface area contributed by atoms with Gasteiger partial charge in [-0.05, 0) is 74.1 Å². The van der Waals surface area contributed by atoms with Crippen molar-refractivity contribution in [3.05, 3.63) is 47.5 Å². The summed E-state index contributed by atoms with van der Waals surface area (Å²) in [5.41, 5.74) is 4.49. The maximum atomic E-state index is 13.5. The van der Waals surface area contributed by atoms with Crippen LogP contribution in [0.3, 0.4) is 0 Å². The van der Waals surface area contributed by atoms with E-state index in [0.29, 0.717) is 31.6 Å². The molecule has 0 aromatic heterocycles. The number of carbonyl (C=O) groups is 2. The molecule has 0 radical (unpaired) electrons. The highest BCUT2D eigenvalue weighted by molar-refractivity contribution is 7.89. The highest BCUT2D eigenvalue weighted by Crippen LogP contribution is 2.32. The predicted octanol–water partition coefficient (Wildman–Crippen LogP) is 3.40. The van der Waals surface area contributed by atoms with Crippen molar-refractivity contribution >= 4 is 38.9 Å². The van der Waals surface area contributed by atoms with Crippen LogP contribution in [-0.2, 0) is 26.0 Å². The van der Waals surface area contributed by atoms with E-state index in [4.69, 9.17) is 0 Å². The van der Waals surface area contributed by atoms with Crippen LogP contribution in [0.1, 0.15) is 37.3 Å². The van der Waals surface area contributed by atoms with E-state index >= 15 is 0 Å². The molecule has 0 spiro atoms. The third kappa shape index (κ3) is 5.21. The van der Waals surface area contributed by atoms with Crippen LogP contribution in [0.15, 0.2) is 41.3 Å². The third-order valence-corrected chi connectivity index (χ3v) is 8.76. The monoisotopic (exact) mass is 498 g/mol. The number of piperidine rings is 1. The van der Waals surface area contributed by atoms with Gasteiger partial charge < -0.3 is 15.1 Å². The van der Waals surface area contributed by atoms with Crippen molar-refractivity contribution in [1.29, 1.82) is 0 Å². The highest BCUT2D eigenvalue weighted by atomic mass is 32.2. The van der Waals surface area contributed by atoms with E-state index < -0.39 is 15.9 Å². The Balaban J connectivity index is 1.50. The normalized spacial score (nSPS) is 18.6. The number of nitrogens with one attached hydrogen (secondary N) is 1. The van der Waals surface area contributed by atoms with E-state index in [1.54, 1.807) is 23.1 Å². The second kappa shape index (κ2) is 9.99. The number of nitrogens with zero attached hydrogens (tertiary/aromatic N) is 3. The van der Waals surface area contributed by atoms with Crippen LogP contribution in [-0.4, -0.2) is 58.3 Å². The number of aryl methyl sites for hydroxylation is 2. The van der Waals surface area contributed by atoms with Crippen molar-refractivity contribution in [3.8, 4) is 0 Å². The lowest BCUT2D eigenvalue weighted by Crippen LogP contribution is -2.43. The second-order valence-corrected chi connectivity index (χ2v) is 11.6. The molecule has 1 unspecified atom stereocenters. The number of amides is 2. The predicted molar refractivity (Wildman–Crippen MR) is 138 cm³/mol. The molecule has 4 rings (SSSR count). The van der Waals surface area contributed by atoms with Crippen LogP contribution in [0.2, 0.25) is 0 Å². The van der Waals surface area contributed by atoms with Crippen molar-refractivity contribution in [2.45, 2.75) is 44.4 Å². The molecule has 1 N–H and O–H groups in total. The SMILES string of the molecule is CC(=O)N1CCCc2cc(S(=O)(=O)N3CCCC(C(=O)Nc4ccc(C)c(N(C)C)c4)C3)ccc21. The first-order valence-electron chi connectivity index (χ1n) is 12.1. The largest absolute Gasteiger partial charge is 0.377 e. The minimum Gasteiger partial charge on any atom is -0.377 e. The first-order chi connectivity index (χ1) is 16.6. The molecule has 2 aromatic carbocycles. The standard InChI is InChI=1S/C26H34N4O4S/c1-18-9-10-22(16-25(18)28(3)4)27-26(32)21-8-5-13-29(17-21)35(33,34)23-11-12-24-20(15-23)7-6-14-30(24)19(2)31/h9-12,15-16,21H,5-8,13-14,17H2,1-4H3,(H,27,32). The topological polar surface area (TPSA) is 90.0 Å². The molecule has 2 amide bonds. The fourth-order valence-electron chi connectivity index (χ4n) is 5.00. The van der Waals surface area contributed by atoms with Crippen molar-refractivity contribution < 1.29 is 18.0 Å². The third-order valence-electron chi connectivity index (χ3n) is 6.90. The van der Waals surface area contributed by atoms with Gasteiger partial charge in [-0.15, -0.1) is 0 Å². The summed E-state index contributed by atoms with van der Waals surface area (Å²) in [6.07, 6.45) is 2.80. The van der Waals surface area contributed by atoms with Gasteiger partial charge in [-0.2, -0.15) is 4.31 Å². The summed E-state index contributed by atoms with van der Waals surface area (Å²) in [4.78, 5) is 28.9. The van der Waals surface area contributed by atoms with E-state index in [9.17, 15) is 18.0 Å². The molecule has 35 heavy (non-hydrogen) atoms. The van der Waals surface area contributed by atoms with E-state index in [0.717, 1.165) is 35.3 Å². The summed E-state index contributed by atoms with van der Waals surface area (Å²) in [7, 11) is 0.156. The van der Waals surface area contributed by atoms with Gasteiger partial charge in [0.15, 0.2) is 0 Å². The molecule has 188 valence electrons. The van der Waals surface area contributed by atoms with Crippen molar-refractivity contribution in [2.24, 2.45) is 5.92 Å². The number of hydrogen-bond acceptors (Lipinski definition) is 5. The number of anilines is 3. The fraction of sp³-hybridized carbons (Fsp3) is 0.462. The number of carbonyl (C=O) groups excluding carboxylic acids is 2. The highest BCUT2D eigenvalue weighted by Gasteiger charge is 2.34. The van der Waals surface area contributed by atoms with Crippen LogP contribution in [0.5, 0.6) is 0 Å².